The van der Waals surface area contributed by atoms with Crippen LogP contribution in [0.4, 0.5) is 0 Å². The molecule has 0 aromatic heterocycles. The van der Waals surface area contributed by atoms with Crippen molar-refractivity contribution in [2.24, 2.45) is 0 Å². The van der Waals surface area contributed by atoms with Crippen molar-refractivity contribution in [1.29, 1.82) is 0 Å². The fraction of sp³-hybridized carbons (Fsp3) is 0.900. The highest BCUT2D eigenvalue weighted by atomic mass is 16.1. The van der Waals surface area contributed by atoms with Gasteiger partial charge in [-0.2, -0.15) is 0 Å². The van der Waals surface area contributed by atoms with Crippen LogP contribution in [-0.4, -0.2) is 50.1 Å². The molecule has 0 aromatic rings. The van der Waals surface area contributed by atoms with Crippen molar-refractivity contribution in [3.63, 3.8) is 0 Å². The fourth-order valence-electron chi connectivity index (χ4n) is 1.41. The molecule has 14 heavy (non-hydrogen) atoms. The van der Waals surface area contributed by atoms with Crippen molar-refractivity contribution in [2.45, 2.75) is 25.8 Å². The zero-order valence-electron chi connectivity index (χ0n) is 9.18. The van der Waals surface area contributed by atoms with Crippen LogP contribution >= 0.6 is 0 Å². The average molecular weight is 199 g/mol. The lowest BCUT2D eigenvalue weighted by atomic mass is 10.4. The summed E-state index contributed by atoms with van der Waals surface area (Å²) in [4.78, 5) is 13.4. The Hall–Kier alpha value is -0.610. The number of likely N-dealkylation sites (N-methyl/N-ethyl adjacent to an activating group) is 2. The van der Waals surface area contributed by atoms with E-state index in [1.807, 2.05) is 6.92 Å². The number of rotatable bonds is 7. The van der Waals surface area contributed by atoms with Gasteiger partial charge in [0.15, 0.2) is 0 Å². The van der Waals surface area contributed by atoms with Gasteiger partial charge in [0.1, 0.15) is 0 Å². The molecule has 0 aromatic carbocycles. The van der Waals surface area contributed by atoms with Gasteiger partial charge >= 0.3 is 0 Å². The maximum absolute atomic E-state index is 11.0. The predicted molar refractivity (Wildman–Crippen MR) is 57.2 cm³/mol. The van der Waals surface area contributed by atoms with E-state index < -0.39 is 0 Å². The van der Waals surface area contributed by atoms with E-state index in [9.17, 15) is 4.79 Å². The molecule has 0 saturated heterocycles. The number of carbonyl (C=O) groups is 1. The van der Waals surface area contributed by atoms with Crippen molar-refractivity contribution in [3.05, 3.63) is 0 Å². The lowest BCUT2D eigenvalue weighted by Gasteiger charge is -2.15. The highest BCUT2D eigenvalue weighted by Gasteiger charge is 2.25. The van der Waals surface area contributed by atoms with Crippen LogP contribution in [0.3, 0.4) is 0 Å². The van der Waals surface area contributed by atoms with Crippen molar-refractivity contribution in [1.82, 2.24) is 15.5 Å². The van der Waals surface area contributed by atoms with E-state index in [0.717, 1.165) is 19.1 Å². The first-order valence-electron chi connectivity index (χ1n) is 5.41. The van der Waals surface area contributed by atoms with E-state index in [2.05, 4.69) is 22.6 Å². The summed E-state index contributed by atoms with van der Waals surface area (Å²) in [6.45, 7) is 5.00. The first-order chi connectivity index (χ1) is 6.74. The SMILES string of the molecule is CCNC(=O)CNCCN(C)C1CC1. The lowest BCUT2D eigenvalue weighted by molar-refractivity contribution is -0.120. The molecule has 1 aliphatic carbocycles. The molecule has 0 spiro atoms. The van der Waals surface area contributed by atoms with Crippen LogP contribution in [0.15, 0.2) is 0 Å². The van der Waals surface area contributed by atoms with Gasteiger partial charge in [0.05, 0.1) is 6.54 Å². The zero-order valence-corrected chi connectivity index (χ0v) is 9.18. The van der Waals surface area contributed by atoms with Crippen molar-refractivity contribution in [3.8, 4) is 0 Å². The molecule has 2 N–H and O–H groups in total. The molecular formula is C10H21N3O. The standard InChI is InChI=1S/C10H21N3O/c1-3-12-10(14)8-11-6-7-13(2)9-4-5-9/h9,11H,3-8H2,1-2H3,(H,12,14). The first-order valence-corrected chi connectivity index (χ1v) is 5.41. The molecule has 1 saturated carbocycles. The molecule has 0 heterocycles. The van der Waals surface area contributed by atoms with Gasteiger partial charge in [-0.3, -0.25) is 4.79 Å². The Kier molecular flexibility index (Phi) is 4.90. The van der Waals surface area contributed by atoms with E-state index in [1.165, 1.54) is 12.8 Å². The van der Waals surface area contributed by atoms with Crippen molar-refractivity contribution < 1.29 is 4.79 Å². The summed E-state index contributed by atoms with van der Waals surface area (Å²) in [6, 6.07) is 0.807. The fourth-order valence-corrected chi connectivity index (χ4v) is 1.41. The predicted octanol–water partition coefficient (Wildman–Crippen LogP) is -0.194. The highest BCUT2D eigenvalue weighted by molar-refractivity contribution is 5.77. The summed E-state index contributed by atoms with van der Waals surface area (Å²) in [5.74, 6) is 0.0848. The maximum Gasteiger partial charge on any atom is 0.233 e. The summed E-state index contributed by atoms with van der Waals surface area (Å²) in [7, 11) is 2.14. The maximum atomic E-state index is 11.0. The second-order valence-corrected chi connectivity index (χ2v) is 3.84. The summed E-state index contributed by atoms with van der Waals surface area (Å²) >= 11 is 0. The highest BCUT2D eigenvalue weighted by Crippen LogP contribution is 2.24. The quantitative estimate of drug-likeness (QED) is 0.558. The molecule has 0 aliphatic heterocycles. The van der Waals surface area contributed by atoms with Gasteiger partial charge in [0, 0.05) is 25.7 Å². The average Bonchev–Trinajstić information content (AvgIpc) is 2.95. The Morgan fingerprint density at radius 3 is 2.79 bits per heavy atom. The second-order valence-electron chi connectivity index (χ2n) is 3.84. The smallest absolute Gasteiger partial charge is 0.233 e. The topological polar surface area (TPSA) is 44.4 Å². The third-order valence-corrected chi connectivity index (χ3v) is 2.47. The molecule has 0 atom stereocenters. The van der Waals surface area contributed by atoms with Gasteiger partial charge in [-0.15, -0.1) is 0 Å². The van der Waals surface area contributed by atoms with Crippen molar-refractivity contribution in [2.75, 3.05) is 33.2 Å². The van der Waals surface area contributed by atoms with Gasteiger partial charge in [0.25, 0.3) is 0 Å². The van der Waals surface area contributed by atoms with Gasteiger partial charge in [-0.1, -0.05) is 0 Å². The molecule has 0 unspecified atom stereocenters. The van der Waals surface area contributed by atoms with Crippen LogP contribution < -0.4 is 10.6 Å². The number of amides is 1. The number of nitrogens with zero attached hydrogens (tertiary/aromatic N) is 1. The van der Waals surface area contributed by atoms with E-state index in [0.29, 0.717) is 13.1 Å². The zero-order chi connectivity index (χ0) is 10.4. The summed E-state index contributed by atoms with van der Waals surface area (Å²) < 4.78 is 0. The molecule has 1 aliphatic rings. The number of carbonyl (C=O) groups excluding carboxylic acids is 1. The molecule has 4 nitrogen and oxygen atoms in total. The first kappa shape index (κ1) is 11.5. The Morgan fingerprint density at radius 1 is 1.50 bits per heavy atom. The van der Waals surface area contributed by atoms with Crippen molar-refractivity contribution >= 4 is 5.91 Å². The molecular weight excluding hydrogens is 178 g/mol. The van der Waals surface area contributed by atoms with Crippen LogP contribution in [0.5, 0.6) is 0 Å². The number of hydrogen-bond acceptors (Lipinski definition) is 3. The normalized spacial score (nSPS) is 15.9. The molecule has 4 heteroatoms. The Balaban J connectivity index is 1.90. The molecule has 82 valence electrons. The van der Waals surface area contributed by atoms with E-state index >= 15 is 0 Å². The van der Waals surface area contributed by atoms with Crippen LogP contribution in [0.1, 0.15) is 19.8 Å². The number of nitrogens with one attached hydrogen (secondary N) is 2. The summed E-state index contributed by atoms with van der Waals surface area (Å²) in [5, 5.41) is 5.88. The largest absolute Gasteiger partial charge is 0.355 e. The minimum absolute atomic E-state index is 0.0848. The van der Waals surface area contributed by atoms with Crippen LogP contribution in [0.2, 0.25) is 0 Å². The van der Waals surface area contributed by atoms with Crippen LogP contribution in [0.25, 0.3) is 0 Å². The van der Waals surface area contributed by atoms with Gasteiger partial charge in [-0.05, 0) is 26.8 Å². The third kappa shape index (κ3) is 4.58. The Bertz CT molecular complexity index is 180. The Labute approximate surface area is 86.0 Å². The molecule has 1 fully saturated rings. The van der Waals surface area contributed by atoms with Crippen LogP contribution in [0, 0.1) is 0 Å². The third-order valence-electron chi connectivity index (χ3n) is 2.47. The van der Waals surface area contributed by atoms with Gasteiger partial charge < -0.3 is 15.5 Å². The molecule has 1 rings (SSSR count). The lowest BCUT2D eigenvalue weighted by Crippen LogP contribution is -2.37. The molecule has 1 amide bonds. The molecule has 0 radical (unpaired) electrons. The van der Waals surface area contributed by atoms with E-state index in [1.54, 1.807) is 0 Å². The monoisotopic (exact) mass is 199 g/mol. The van der Waals surface area contributed by atoms with E-state index in [-0.39, 0.29) is 5.91 Å². The van der Waals surface area contributed by atoms with E-state index in [4.69, 9.17) is 0 Å². The van der Waals surface area contributed by atoms with Gasteiger partial charge in [0.2, 0.25) is 5.91 Å². The second kappa shape index (κ2) is 5.98. The summed E-state index contributed by atoms with van der Waals surface area (Å²) in [6.07, 6.45) is 2.68. The molecule has 0 bridgehead atoms. The minimum Gasteiger partial charge on any atom is -0.355 e. The van der Waals surface area contributed by atoms with Gasteiger partial charge in [-0.25, -0.2) is 0 Å². The minimum atomic E-state index is 0.0848. The summed E-state index contributed by atoms with van der Waals surface area (Å²) in [5.41, 5.74) is 0. The van der Waals surface area contributed by atoms with Crippen LogP contribution in [-0.2, 0) is 4.79 Å². The Morgan fingerprint density at radius 2 is 2.21 bits per heavy atom. The number of hydrogen-bond donors (Lipinski definition) is 2.